The molecular formula is C13H22N4O2. The van der Waals surface area contributed by atoms with Gasteiger partial charge in [-0.25, -0.2) is 4.98 Å². The molecule has 1 aromatic heterocycles. The molecule has 6 heteroatoms. The van der Waals surface area contributed by atoms with Crippen molar-refractivity contribution in [2.45, 2.75) is 39.5 Å². The van der Waals surface area contributed by atoms with E-state index in [1.54, 1.807) is 6.07 Å². The van der Waals surface area contributed by atoms with E-state index < -0.39 is 0 Å². The fourth-order valence-electron chi connectivity index (χ4n) is 1.69. The molecule has 0 fully saturated rings. The average Bonchev–Trinajstić information content (AvgIpc) is 2.47. The smallest absolute Gasteiger partial charge is 0.317 e. The number of oxime groups is 1. The molecule has 0 amide bonds. The van der Waals surface area contributed by atoms with Gasteiger partial charge in [-0.2, -0.15) is 4.98 Å². The van der Waals surface area contributed by atoms with Crippen molar-refractivity contribution in [3.63, 3.8) is 0 Å². The molecule has 0 spiro atoms. The number of nitrogens with two attached hydrogens (primary N) is 1. The minimum atomic E-state index is -0.0507. The molecule has 1 aromatic rings. The highest BCUT2D eigenvalue weighted by atomic mass is 16.5. The normalized spacial score (nSPS) is 13.3. The second kappa shape index (κ2) is 8.29. The van der Waals surface area contributed by atoms with Gasteiger partial charge in [-0.05, 0) is 18.4 Å². The summed E-state index contributed by atoms with van der Waals surface area (Å²) in [5, 5.41) is 11.5. The van der Waals surface area contributed by atoms with Crippen LogP contribution in [-0.2, 0) is 0 Å². The SMILES string of the molecule is CCCCC(CC)COc1nccc(/C(N)=N/O)n1. The van der Waals surface area contributed by atoms with Gasteiger partial charge < -0.3 is 15.7 Å². The van der Waals surface area contributed by atoms with Crippen molar-refractivity contribution in [2.24, 2.45) is 16.8 Å². The number of hydrogen-bond donors (Lipinski definition) is 2. The predicted molar refractivity (Wildman–Crippen MR) is 73.3 cm³/mol. The van der Waals surface area contributed by atoms with Crippen molar-refractivity contribution in [2.75, 3.05) is 6.61 Å². The summed E-state index contributed by atoms with van der Waals surface area (Å²) < 4.78 is 5.58. The molecule has 0 saturated heterocycles. The van der Waals surface area contributed by atoms with Crippen molar-refractivity contribution >= 4 is 5.84 Å². The number of unbranched alkanes of at least 4 members (excludes halogenated alkanes) is 1. The molecule has 106 valence electrons. The molecule has 0 saturated carbocycles. The average molecular weight is 266 g/mol. The highest BCUT2D eigenvalue weighted by Gasteiger charge is 2.09. The lowest BCUT2D eigenvalue weighted by molar-refractivity contribution is 0.217. The first-order valence-corrected chi connectivity index (χ1v) is 6.65. The summed E-state index contributed by atoms with van der Waals surface area (Å²) in [4.78, 5) is 8.10. The first-order valence-electron chi connectivity index (χ1n) is 6.65. The van der Waals surface area contributed by atoms with E-state index in [0.29, 0.717) is 18.2 Å². The molecule has 1 heterocycles. The van der Waals surface area contributed by atoms with Crippen LogP contribution < -0.4 is 10.5 Å². The van der Waals surface area contributed by atoms with Gasteiger partial charge in [0.05, 0.1) is 6.61 Å². The molecule has 3 N–H and O–H groups in total. The van der Waals surface area contributed by atoms with Gasteiger partial charge in [0.15, 0.2) is 5.84 Å². The monoisotopic (exact) mass is 266 g/mol. The van der Waals surface area contributed by atoms with Crippen LogP contribution in [0, 0.1) is 5.92 Å². The van der Waals surface area contributed by atoms with Crippen LogP contribution in [0.3, 0.4) is 0 Å². The molecule has 6 nitrogen and oxygen atoms in total. The first kappa shape index (κ1) is 15.2. The second-order valence-electron chi connectivity index (χ2n) is 4.44. The Balaban J connectivity index is 2.57. The Labute approximate surface area is 113 Å². The zero-order chi connectivity index (χ0) is 14.1. The van der Waals surface area contributed by atoms with Gasteiger partial charge in [0.25, 0.3) is 0 Å². The number of nitrogens with zero attached hydrogens (tertiary/aromatic N) is 3. The fourth-order valence-corrected chi connectivity index (χ4v) is 1.69. The van der Waals surface area contributed by atoms with Gasteiger partial charge in [-0.15, -0.1) is 0 Å². The van der Waals surface area contributed by atoms with Gasteiger partial charge in [0, 0.05) is 6.20 Å². The topological polar surface area (TPSA) is 93.6 Å². The summed E-state index contributed by atoms with van der Waals surface area (Å²) in [6.07, 6.45) is 6.13. The number of aromatic nitrogens is 2. The molecule has 1 rings (SSSR count). The fraction of sp³-hybridized carbons (Fsp3) is 0.615. The Hall–Kier alpha value is -1.85. The lowest BCUT2D eigenvalue weighted by Gasteiger charge is -2.14. The molecule has 0 aliphatic rings. The minimum absolute atomic E-state index is 0.0507. The van der Waals surface area contributed by atoms with Gasteiger partial charge in [0.2, 0.25) is 0 Å². The molecular weight excluding hydrogens is 244 g/mol. The van der Waals surface area contributed by atoms with E-state index in [1.165, 1.54) is 19.0 Å². The van der Waals surface area contributed by atoms with Gasteiger partial charge in [0.1, 0.15) is 5.69 Å². The first-order chi connectivity index (χ1) is 9.21. The molecule has 19 heavy (non-hydrogen) atoms. The van der Waals surface area contributed by atoms with Crippen LogP contribution in [0.5, 0.6) is 6.01 Å². The molecule has 0 aliphatic heterocycles. The second-order valence-corrected chi connectivity index (χ2v) is 4.44. The van der Waals surface area contributed by atoms with Gasteiger partial charge >= 0.3 is 6.01 Å². The summed E-state index contributed by atoms with van der Waals surface area (Å²) in [6.45, 7) is 4.92. The van der Waals surface area contributed by atoms with E-state index in [0.717, 1.165) is 12.8 Å². The Kier molecular flexibility index (Phi) is 6.63. The highest BCUT2D eigenvalue weighted by molar-refractivity contribution is 5.95. The van der Waals surface area contributed by atoms with E-state index in [9.17, 15) is 0 Å². The summed E-state index contributed by atoms with van der Waals surface area (Å²) in [5.74, 6) is 0.460. The van der Waals surface area contributed by atoms with Crippen LogP contribution in [0.1, 0.15) is 45.2 Å². The standard InChI is InChI=1S/C13H22N4O2/c1-3-5-6-10(4-2)9-19-13-15-8-7-11(16-13)12(14)17-18/h7-8,10,18H,3-6,9H2,1-2H3,(H2,14,17). The van der Waals surface area contributed by atoms with Crippen molar-refractivity contribution in [3.05, 3.63) is 18.0 Å². The number of amidine groups is 1. The third-order valence-electron chi connectivity index (χ3n) is 3.00. The Morgan fingerprint density at radius 1 is 1.53 bits per heavy atom. The predicted octanol–water partition coefficient (Wildman–Crippen LogP) is 2.17. The lowest BCUT2D eigenvalue weighted by Crippen LogP contribution is -2.17. The van der Waals surface area contributed by atoms with Crippen LogP contribution in [-0.4, -0.2) is 27.6 Å². The van der Waals surface area contributed by atoms with E-state index in [-0.39, 0.29) is 11.8 Å². The van der Waals surface area contributed by atoms with Crippen LogP contribution >= 0.6 is 0 Å². The lowest BCUT2D eigenvalue weighted by atomic mass is 10.0. The molecule has 1 atom stereocenters. The summed E-state index contributed by atoms with van der Waals surface area (Å²) in [5.41, 5.74) is 5.82. The zero-order valence-corrected chi connectivity index (χ0v) is 11.5. The third kappa shape index (κ3) is 5.11. The summed E-state index contributed by atoms with van der Waals surface area (Å²) >= 11 is 0. The zero-order valence-electron chi connectivity index (χ0n) is 11.5. The van der Waals surface area contributed by atoms with E-state index >= 15 is 0 Å². The Morgan fingerprint density at radius 2 is 2.32 bits per heavy atom. The maximum absolute atomic E-state index is 8.59. The summed E-state index contributed by atoms with van der Waals surface area (Å²) in [6, 6.07) is 1.83. The van der Waals surface area contributed by atoms with E-state index in [2.05, 4.69) is 29.0 Å². The van der Waals surface area contributed by atoms with Crippen LogP contribution in [0.15, 0.2) is 17.4 Å². The minimum Gasteiger partial charge on any atom is -0.463 e. The van der Waals surface area contributed by atoms with Crippen LogP contribution in [0.4, 0.5) is 0 Å². The molecule has 0 aromatic carbocycles. The van der Waals surface area contributed by atoms with Crippen molar-refractivity contribution in [1.29, 1.82) is 0 Å². The number of rotatable bonds is 8. The van der Waals surface area contributed by atoms with Gasteiger partial charge in [-0.3, -0.25) is 0 Å². The van der Waals surface area contributed by atoms with Crippen molar-refractivity contribution in [1.82, 2.24) is 9.97 Å². The maximum Gasteiger partial charge on any atom is 0.317 e. The van der Waals surface area contributed by atoms with Gasteiger partial charge in [-0.1, -0.05) is 38.3 Å². The van der Waals surface area contributed by atoms with Crippen molar-refractivity contribution in [3.8, 4) is 6.01 Å². The Morgan fingerprint density at radius 3 is 2.95 bits per heavy atom. The number of hydrogen-bond acceptors (Lipinski definition) is 5. The highest BCUT2D eigenvalue weighted by Crippen LogP contribution is 2.14. The van der Waals surface area contributed by atoms with E-state index in [4.69, 9.17) is 15.7 Å². The van der Waals surface area contributed by atoms with Crippen LogP contribution in [0.25, 0.3) is 0 Å². The van der Waals surface area contributed by atoms with E-state index in [1.807, 2.05) is 0 Å². The van der Waals surface area contributed by atoms with Crippen molar-refractivity contribution < 1.29 is 9.94 Å². The summed E-state index contributed by atoms with van der Waals surface area (Å²) in [7, 11) is 0. The molecule has 0 radical (unpaired) electrons. The molecule has 0 aliphatic carbocycles. The third-order valence-corrected chi connectivity index (χ3v) is 3.00. The van der Waals surface area contributed by atoms with Crippen LogP contribution in [0.2, 0.25) is 0 Å². The molecule has 0 bridgehead atoms. The Bertz CT molecular complexity index is 409. The quantitative estimate of drug-likeness (QED) is 0.325. The molecule has 1 unspecified atom stereocenters. The maximum atomic E-state index is 8.59. The number of ether oxygens (including phenoxy) is 1. The largest absolute Gasteiger partial charge is 0.463 e.